The fourth-order valence-electron chi connectivity index (χ4n) is 2.94. The average Bonchev–Trinajstić information content (AvgIpc) is 3.25. The molecule has 4 rings (SSSR count). The van der Waals surface area contributed by atoms with Crippen LogP contribution < -0.4 is 0 Å². The van der Waals surface area contributed by atoms with Crippen LogP contribution in [0.2, 0.25) is 0 Å². The van der Waals surface area contributed by atoms with E-state index in [2.05, 4.69) is 4.98 Å². The van der Waals surface area contributed by atoms with Gasteiger partial charge < -0.3 is 9.30 Å². The zero-order valence-electron chi connectivity index (χ0n) is 13.7. The number of hydrogen-bond donors (Lipinski definition) is 0. The van der Waals surface area contributed by atoms with Gasteiger partial charge in [0.15, 0.2) is 5.65 Å². The predicted molar refractivity (Wildman–Crippen MR) is 91.8 cm³/mol. The Kier molecular flexibility index (Phi) is 3.58. The Morgan fingerprint density at radius 3 is 2.54 bits per heavy atom. The second-order valence-electron chi connectivity index (χ2n) is 5.72. The van der Waals surface area contributed by atoms with Gasteiger partial charge in [0.25, 0.3) is 0 Å². The van der Waals surface area contributed by atoms with Crippen LogP contribution in [0.25, 0.3) is 27.1 Å². The van der Waals surface area contributed by atoms with Crippen LogP contribution in [0.5, 0.6) is 0 Å². The Hall–Kier alpha value is -2.81. The molecule has 0 amide bonds. The molecule has 4 aromatic rings. The van der Waals surface area contributed by atoms with E-state index in [1.54, 1.807) is 17.0 Å². The number of thiophene rings is 1. The summed E-state index contributed by atoms with van der Waals surface area (Å²) in [5, 5.41) is 0. The summed E-state index contributed by atoms with van der Waals surface area (Å²) >= 11 is 1.26. The first-order valence-corrected chi connectivity index (χ1v) is 8.34. The smallest absolute Gasteiger partial charge is 0.416 e. The van der Waals surface area contributed by atoms with Gasteiger partial charge in [-0.2, -0.15) is 13.2 Å². The van der Waals surface area contributed by atoms with Gasteiger partial charge in [0.05, 0.1) is 29.2 Å². The lowest BCUT2D eigenvalue weighted by molar-refractivity contribution is -0.137. The molecule has 3 heterocycles. The molecule has 0 atom stereocenters. The number of carbonyl (C=O) groups is 1. The van der Waals surface area contributed by atoms with Crippen LogP contribution in [0.4, 0.5) is 13.2 Å². The van der Waals surface area contributed by atoms with Gasteiger partial charge in [-0.05, 0) is 30.3 Å². The van der Waals surface area contributed by atoms with Crippen molar-refractivity contribution < 1.29 is 22.7 Å². The fraction of sp³-hybridized carbons (Fsp3) is 0.176. The van der Waals surface area contributed by atoms with E-state index in [1.165, 1.54) is 30.6 Å². The number of imidazole rings is 1. The van der Waals surface area contributed by atoms with Crippen LogP contribution in [-0.4, -0.2) is 27.2 Å². The molecule has 0 bridgehead atoms. The minimum atomic E-state index is -4.40. The lowest BCUT2D eigenvalue weighted by Gasteiger charge is -2.09. The first-order valence-electron chi connectivity index (χ1n) is 7.52. The van der Waals surface area contributed by atoms with E-state index >= 15 is 0 Å². The molecule has 0 radical (unpaired) electrons. The quantitative estimate of drug-likeness (QED) is 0.486. The number of halogens is 3. The molecule has 0 fully saturated rings. The minimum Gasteiger partial charge on any atom is -0.465 e. The third-order valence-corrected chi connectivity index (χ3v) is 5.25. The zero-order valence-corrected chi connectivity index (χ0v) is 14.5. The standard InChI is InChI=1S/C17H12F3N3O2S/c1-22-8-21-15-13(22)14-11(7-12(26-14)16(24)25-2)23(15)10-5-3-9(4-6-10)17(18,19)20/h3-8H,1-2H3. The monoisotopic (exact) mass is 379 g/mol. The molecule has 9 heteroatoms. The van der Waals surface area contributed by atoms with E-state index < -0.39 is 17.7 Å². The van der Waals surface area contributed by atoms with Crippen molar-refractivity contribution in [2.75, 3.05) is 7.11 Å². The van der Waals surface area contributed by atoms with Crippen molar-refractivity contribution in [3.8, 4) is 5.69 Å². The van der Waals surface area contributed by atoms with Crippen molar-refractivity contribution in [2.24, 2.45) is 7.05 Å². The third-order valence-electron chi connectivity index (χ3n) is 4.14. The van der Waals surface area contributed by atoms with Gasteiger partial charge in [-0.15, -0.1) is 11.3 Å². The highest BCUT2D eigenvalue weighted by molar-refractivity contribution is 7.21. The SMILES string of the molecule is COC(=O)c1cc2c(s1)c1c(ncn1C)n2-c1ccc(C(F)(F)F)cc1. The molecule has 26 heavy (non-hydrogen) atoms. The fourth-order valence-corrected chi connectivity index (χ4v) is 4.08. The Labute approximate surface area is 149 Å². The first-order chi connectivity index (χ1) is 12.3. The number of fused-ring (bicyclic) bond motifs is 3. The summed E-state index contributed by atoms with van der Waals surface area (Å²) in [6.45, 7) is 0. The molecule has 0 aliphatic carbocycles. The largest absolute Gasteiger partial charge is 0.465 e. The number of methoxy groups -OCH3 is 1. The number of nitrogens with zero attached hydrogens (tertiary/aromatic N) is 3. The molecular formula is C17H12F3N3O2S. The summed E-state index contributed by atoms with van der Waals surface area (Å²) < 4.78 is 47.6. The van der Waals surface area contributed by atoms with Gasteiger partial charge in [0.1, 0.15) is 10.4 Å². The van der Waals surface area contributed by atoms with Gasteiger partial charge >= 0.3 is 12.1 Å². The van der Waals surface area contributed by atoms with Crippen molar-refractivity contribution in [1.82, 2.24) is 14.1 Å². The molecule has 0 aliphatic rings. The molecule has 3 aromatic heterocycles. The normalized spacial score (nSPS) is 12.2. The molecule has 0 unspecified atom stereocenters. The number of benzene rings is 1. The zero-order chi connectivity index (χ0) is 18.6. The number of aryl methyl sites for hydroxylation is 1. The molecule has 0 spiro atoms. The number of rotatable bonds is 2. The van der Waals surface area contributed by atoms with Gasteiger partial charge in [0.2, 0.25) is 0 Å². The number of alkyl halides is 3. The summed E-state index contributed by atoms with van der Waals surface area (Å²) in [5.41, 5.74) is 1.93. The van der Waals surface area contributed by atoms with Gasteiger partial charge in [0, 0.05) is 12.7 Å². The maximum atomic E-state index is 12.8. The van der Waals surface area contributed by atoms with Crippen molar-refractivity contribution >= 4 is 38.7 Å². The van der Waals surface area contributed by atoms with E-state index in [4.69, 9.17) is 4.74 Å². The van der Waals surface area contributed by atoms with Crippen LogP contribution in [0.3, 0.4) is 0 Å². The molecule has 0 aliphatic heterocycles. The van der Waals surface area contributed by atoms with Gasteiger partial charge in [-0.25, -0.2) is 9.78 Å². The lowest BCUT2D eigenvalue weighted by atomic mass is 10.2. The van der Waals surface area contributed by atoms with Crippen LogP contribution in [0.1, 0.15) is 15.2 Å². The van der Waals surface area contributed by atoms with E-state index in [9.17, 15) is 18.0 Å². The molecule has 0 N–H and O–H groups in total. The maximum Gasteiger partial charge on any atom is 0.416 e. The Balaban J connectivity index is 1.98. The first kappa shape index (κ1) is 16.6. The Morgan fingerprint density at radius 2 is 1.92 bits per heavy atom. The summed E-state index contributed by atoms with van der Waals surface area (Å²) in [7, 11) is 3.12. The molecule has 1 aromatic carbocycles. The van der Waals surface area contributed by atoms with Crippen molar-refractivity contribution in [3.05, 3.63) is 47.1 Å². The van der Waals surface area contributed by atoms with E-state index in [0.717, 1.165) is 22.3 Å². The van der Waals surface area contributed by atoms with Crippen LogP contribution in [-0.2, 0) is 18.0 Å². The third kappa shape index (κ3) is 2.38. The van der Waals surface area contributed by atoms with Crippen LogP contribution in [0.15, 0.2) is 36.7 Å². The summed E-state index contributed by atoms with van der Waals surface area (Å²) in [6, 6.07) is 6.52. The van der Waals surface area contributed by atoms with Crippen LogP contribution in [0, 0.1) is 0 Å². The number of carbonyl (C=O) groups excluding carboxylic acids is 1. The highest BCUT2D eigenvalue weighted by Gasteiger charge is 2.30. The Morgan fingerprint density at radius 1 is 1.23 bits per heavy atom. The topological polar surface area (TPSA) is 49.0 Å². The van der Waals surface area contributed by atoms with Crippen molar-refractivity contribution in [1.29, 1.82) is 0 Å². The van der Waals surface area contributed by atoms with Gasteiger partial charge in [-0.1, -0.05) is 0 Å². The molecule has 0 saturated heterocycles. The minimum absolute atomic E-state index is 0.418. The number of aromatic nitrogens is 3. The summed E-state index contributed by atoms with van der Waals surface area (Å²) in [6.07, 6.45) is -2.77. The Bertz CT molecular complexity index is 1140. The highest BCUT2D eigenvalue weighted by atomic mass is 32.1. The second-order valence-corrected chi connectivity index (χ2v) is 6.78. The maximum absolute atomic E-state index is 12.8. The molecule has 134 valence electrons. The van der Waals surface area contributed by atoms with E-state index in [1.807, 2.05) is 11.6 Å². The number of ether oxygens (including phenoxy) is 1. The molecule has 0 saturated carbocycles. The van der Waals surface area contributed by atoms with Crippen molar-refractivity contribution in [3.63, 3.8) is 0 Å². The lowest BCUT2D eigenvalue weighted by Crippen LogP contribution is -2.05. The van der Waals surface area contributed by atoms with Crippen molar-refractivity contribution in [2.45, 2.75) is 6.18 Å². The molecule has 5 nitrogen and oxygen atoms in total. The number of esters is 1. The molecular weight excluding hydrogens is 367 g/mol. The summed E-state index contributed by atoms with van der Waals surface area (Å²) in [4.78, 5) is 16.7. The van der Waals surface area contributed by atoms with E-state index in [0.29, 0.717) is 21.7 Å². The highest BCUT2D eigenvalue weighted by Crippen LogP contribution is 2.38. The predicted octanol–water partition coefficient (Wildman–Crippen LogP) is 4.38. The number of hydrogen-bond acceptors (Lipinski definition) is 4. The van der Waals surface area contributed by atoms with Gasteiger partial charge in [-0.3, -0.25) is 4.57 Å². The van der Waals surface area contributed by atoms with E-state index in [-0.39, 0.29) is 0 Å². The second kappa shape index (κ2) is 5.60. The summed E-state index contributed by atoms with van der Waals surface area (Å²) in [5.74, 6) is -0.458. The van der Waals surface area contributed by atoms with Crippen LogP contribution >= 0.6 is 11.3 Å². The average molecular weight is 379 g/mol.